The summed E-state index contributed by atoms with van der Waals surface area (Å²) in [6.45, 7) is 6.77. The molecular weight excluding hydrogens is 214 g/mol. The van der Waals surface area contributed by atoms with Crippen LogP contribution in [0, 0.1) is 0 Å². The molecule has 0 unspecified atom stereocenters. The smallest absolute Gasteiger partial charge is 0.221 e. The number of nitrogens with two attached hydrogens (primary N) is 1. The average Bonchev–Trinajstić information content (AvgIpc) is 2.18. The van der Waals surface area contributed by atoms with E-state index in [4.69, 9.17) is 5.73 Å². The number of nitrogens with one attached hydrogen (secondary N) is 2. The van der Waals surface area contributed by atoms with Gasteiger partial charge in [0.25, 0.3) is 0 Å². The molecule has 0 aromatic heterocycles. The van der Waals surface area contributed by atoms with Gasteiger partial charge in [-0.2, -0.15) is 0 Å². The third-order valence-corrected chi connectivity index (χ3v) is 3.07. The van der Waals surface area contributed by atoms with Crippen LogP contribution in [0.4, 0.5) is 0 Å². The predicted molar refractivity (Wildman–Crippen MR) is 70.7 cm³/mol. The maximum atomic E-state index is 11.6. The highest BCUT2D eigenvalue weighted by Crippen LogP contribution is 2.16. The fourth-order valence-electron chi connectivity index (χ4n) is 2.19. The molecule has 1 aliphatic carbocycles. The summed E-state index contributed by atoms with van der Waals surface area (Å²) >= 11 is 0. The lowest BCUT2D eigenvalue weighted by Gasteiger charge is -2.27. The van der Waals surface area contributed by atoms with Crippen molar-refractivity contribution in [1.29, 1.82) is 0 Å². The van der Waals surface area contributed by atoms with Crippen LogP contribution in [0.5, 0.6) is 0 Å². The Kier molecular flexibility index (Phi) is 5.40. The van der Waals surface area contributed by atoms with E-state index in [0.29, 0.717) is 18.5 Å². The predicted octanol–water partition coefficient (Wildman–Crippen LogP) is 1.15. The van der Waals surface area contributed by atoms with E-state index in [1.807, 2.05) is 20.8 Å². The molecule has 0 saturated heterocycles. The second kappa shape index (κ2) is 6.36. The van der Waals surface area contributed by atoms with E-state index in [-0.39, 0.29) is 11.4 Å². The first-order valence-electron chi connectivity index (χ1n) is 6.67. The fourth-order valence-corrected chi connectivity index (χ4v) is 2.19. The summed E-state index contributed by atoms with van der Waals surface area (Å²) in [4.78, 5) is 11.6. The molecule has 4 N–H and O–H groups in total. The van der Waals surface area contributed by atoms with Gasteiger partial charge in [0, 0.05) is 30.6 Å². The summed E-state index contributed by atoms with van der Waals surface area (Å²) < 4.78 is 0. The standard InChI is InChI=1S/C13H27N3O/c1-13(2,3)16-12(17)8-9-15-11-6-4-10(14)5-7-11/h10-11,15H,4-9,14H2,1-3H3,(H,16,17). The fraction of sp³-hybridized carbons (Fsp3) is 0.923. The van der Waals surface area contributed by atoms with Crippen molar-refractivity contribution >= 4 is 5.91 Å². The Bertz CT molecular complexity index is 240. The highest BCUT2D eigenvalue weighted by molar-refractivity contribution is 5.76. The lowest BCUT2D eigenvalue weighted by molar-refractivity contribution is -0.122. The molecule has 0 atom stereocenters. The zero-order valence-corrected chi connectivity index (χ0v) is 11.4. The number of carbonyl (C=O) groups excluding carboxylic acids is 1. The van der Waals surface area contributed by atoms with Crippen LogP contribution in [0.3, 0.4) is 0 Å². The average molecular weight is 241 g/mol. The van der Waals surface area contributed by atoms with Crippen LogP contribution in [-0.2, 0) is 4.79 Å². The van der Waals surface area contributed by atoms with E-state index in [1.165, 1.54) is 0 Å². The molecule has 0 aromatic carbocycles. The largest absolute Gasteiger partial charge is 0.351 e. The molecule has 0 aromatic rings. The minimum Gasteiger partial charge on any atom is -0.351 e. The molecule has 1 fully saturated rings. The highest BCUT2D eigenvalue weighted by Gasteiger charge is 2.18. The van der Waals surface area contributed by atoms with Crippen molar-refractivity contribution in [3.63, 3.8) is 0 Å². The zero-order chi connectivity index (χ0) is 12.9. The van der Waals surface area contributed by atoms with E-state index in [2.05, 4.69) is 10.6 Å². The molecule has 0 aliphatic heterocycles. The van der Waals surface area contributed by atoms with Crippen molar-refractivity contribution < 1.29 is 4.79 Å². The molecule has 1 aliphatic rings. The summed E-state index contributed by atoms with van der Waals surface area (Å²) in [5, 5.41) is 6.41. The summed E-state index contributed by atoms with van der Waals surface area (Å²) in [5.74, 6) is 0.123. The summed E-state index contributed by atoms with van der Waals surface area (Å²) in [7, 11) is 0. The van der Waals surface area contributed by atoms with Crippen molar-refractivity contribution in [2.75, 3.05) is 6.54 Å². The van der Waals surface area contributed by atoms with Gasteiger partial charge in [0.05, 0.1) is 0 Å². The number of amides is 1. The van der Waals surface area contributed by atoms with E-state index < -0.39 is 0 Å². The Hall–Kier alpha value is -0.610. The molecule has 0 bridgehead atoms. The van der Waals surface area contributed by atoms with Gasteiger partial charge < -0.3 is 16.4 Å². The van der Waals surface area contributed by atoms with Crippen LogP contribution in [0.25, 0.3) is 0 Å². The van der Waals surface area contributed by atoms with Crippen molar-refractivity contribution in [3.05, 3.63) is 0 Å². The first-order chi connectivity index (χ1) is 7.87. The number of hydrogen-bond donors (Lipinski definition) is 3. The van der Waals surface area contributed by atoms with E-state index >= 15 is 0 Å². The molecule has 0 heterocycles. The lowest BCUT2D eigenvalue weighted by atomic mass is 9.92. The topological polar surface area (TPSA) is 67.2 Å². The molecule has 4 heteroatoms. The molecule has 100 valence electrons. The van der Waals surface area contributed by atoms with E-state index in [0.717, 1.165) is 32.2 Å². The highest BCUT2D eigenvalue weighted by atomic mass is 16.1. The maximum absolute atomic E-state index is 11.6. The Labute approximate surface area is 105 Å². The van der Waals surface area contributed by atoms with Gasteiger partial charge in [0.2, 0.25) is 5.91 Å². The first-order valence-corrected chi connectivity index (χ1v) is 6.67. The van der Waals surface area contributed by atoms with Gasteiger partial charge in [-0.3, -0.25) is 4.79 Å². The Morgan fingerprint density at radius 1 is 1.24 bits per heavy atom. The van der Waals surface area contributed by atoms with Crippen LogP contribution in [0.1, 0.15) is 52.9 Å². The van der Waals surface area contributed by atoms with Gasteiger partial charge >= 0.3 is 0 Å². The number of hydrogen-bond acceptors (Lipinski definition) is 3. The van der Waals surface area contributed by atoms with Gasteiger partial charge in [-0.05, 0) is 46.5 Å². The number of carbonyl (C=O) groups is 1. The van der Waals surface area contributed by atoms with Gasteiger partial charge in [0.1, 0.15) is 0 Å². The second-order valence-corrected chi connectivity index (χ2v) is 6.11. The van der Waals surface area contributed by atoms with Gasteiger partial charge in [0.15, 0.2) is 0 Å². The third kappa shape index (κ3) is 6.64. The van der Waals surface area contributed by atoms with Crippen LogP contribution < -0.4 is 16.4 Å². The zero-order valence-electron chi connectivity index (χ0n) is 11.4. The van der Waals surface area contributed by atoms with Crippen LogP contribution in [-0.4, -0.2) is 30.1 Å². The Morgan fingerprint density at radius 2 is 1.82 bits per heavy atom. The normalized spacial score (nSPS) is 25.6. The second-order valence-electron chi connectivity index (χ2n) is 6.11. The van der Waals surface area contributed by atoms with E-state index in [1.54, 1.807) is 0 Å². The molecule has 1 rings (SSSR count). The molecule has 1 saturated carbocycles. The van der Waals surface area contributed by atoms with E-state index in [9.17, 15) is 4.79 Å². The number of rotatable bonds is 4. The molecule has 0 radical (unpaired) electrons. The van der Waals surface area contributed by atoms with Gasteiger partial charge in [-0.25, -0.2) is 0 Å². The summed E-state index contributed by atoms with van der Waals surface area (Å²) in [6, 6.07) is 0.939. The molecule has 4 nitrogen and oxygen atoms in total. The van der Waals surface area contributed by atoms with Crippen LogP contribution >= 0.6 is 0 Å². The monoisotopic (exact) mass is 241 g/mol. The van der Waals surface area contributed by atoms with Crippen molar-refractivity contribution in [2.24, 2.45) is 5.73 Å². The van der Waals surface area contributed by atoms with Crippen LogP contribution in [0.15, 0.2) is 0 Å². The Balaban J connectivity index is 2.09. The first kappa shape index (κ1) is 14.5. The molecule has 0 spiro atoms. The minimum absolute atomic E-state index is 0.123. The van der Waals surface area contributed by atoms with Crippen molar-refractivity contribution in [2.45, 2.75) is 70.5 Å². The van der Waals surface area contributed by atoms with Crippen molar-refractivity contribution in [3.8, 4) is 0 Å². The maximum Gasteiger partial charge on any atom is 0.221 e. The molecule has 17 heavy (non-hydrogen) atoms. The summed E-state index contributed by atoms with van der Waals surface area (Å²) in [6.07, 6.45) is 5.04. The lowest BCUT2D eigenvalue weighted by Crippen LogP contribution is -2.43. The van der Waals surface area contributed by atoms with Gasteiger partial charge in [-0.15, -0.1) is 0 Å². The Morgan fingerprint density at radius 3 is 2.35 bits per heavy atom. The van der Waals surface area contributed by atoms with Crippen LogP contribution in [0.2, 0.25) is 0 Å². The third-order valence-electron chi connectivity index (χ3n) is 3.07. The molecule has 1 amide bonds. The van der Waals surface area contributed by atoms with Crippen molar-refractivity contribution in [1.82, 2.24) is 10.6 Å². The van der Waals surface area contributed by atoms with Gasteiger partial charge in [-0.1, -0.05) is 0 Å². The summed E-state index contributed by atoms with van der Waals surface area (Å²) in [5.41, 5.74) is 5.72. The molecular formula is C13H27N3O. The SMILES string of the molecule is CC(C)(C)NC(=O)CCNC1CCC(N)CC1. The quantitative estimate of drug-likeness (QED) is 0.691. The minimum atomic E-state index is -0.130.